The van der Waals surface area contributed by atoms with Crippen molar-refractivity contribution in [3.63, 3.8) is 0 Å². The van der Waals surface area contributed by atoms with Crippen molar-refractivity contribution in [3.05, 3.63) is 82.1 Å². The Hall–Kier alpha value is -3.75. The molecule has 3 aromatic rings. The van der Waals surface area contributed by atoms with E-state index < -0.39 is 74.0 Å². The molecule has 0 radical (unpaired) electrons. The molecule has 14 heteroatoms. The average Bonchev–Trinajstić information content (AvgIpc) is 2.85. The fourth-order valence-corrected chi connectivity index (χ4v) is 3.79. The smallest absolute Gasteiger partial charge is 0.300 e. The zero-order valence-electron chi connectivity index (χ0n) is 21.7. The summed E-state index contributed by atoms with van der Waals surface area (Å²) >= 11 is 0. The van der Waals surface area contributed by atoms with Crippen molar-refractivity contribution in [1.29, 1.82) is 0 Å². The van der Waals surface area contributed by atoms with E-state index in [-0.39, 0.29) is 11.3 Å². The van der Waals surface area contributed by atoms with Gasteiger partial charge >= 0.3 is 0 Å². The molecule has 0 aliphatic carbocycles. The van der Waals surface area contributed by atoms with Gasteiger partial charge < -0.3 is 5.32 Å². The van der Waals surface area contributed by atoms with Crippen LogP contribution in [-0.2, 0) is 21.5 Å². The van der Waals surface area contributed by atoms with Crippen molar-refractivity contribution in [1.82, 2.24) is 15.2 Å². The minimum atomic E-state index is -4.12. The summed E-state index contributed by atoms with van der Waals surface area (Å²) in [4.78, 5) is 21.9. The number of anilines is 3. The molecule has 0 bridgehead atoms. The van der Waals surface area contributed by atoms with Crippen molar-refractivity contribution in [2.24, 2.45) is 0 Å². The summed E-state index contributed by atoms with van der Waals surface area (Å²) in [6, 6.07) is 6.09. The molecule has 9 nitrogen and oxygen atoms in total. The number of aryl methyl sites for hydroxylation is 1. The van der Waals surface area contributed by atoms with Gasteiger partial charge in [-0.25, -0.2) is 32.7 Å². The molecule has 1 heterocycles. The number of amides is 1. The van der Waals surface area contributed by atoms with Crippen molar-refractivity contribution < 1.29 is 35.6 Å². The molecular weight excluding hydrogens is 542 g/mol. The van der Waals surface area contributed by atoms with Crippen LogP contribution in [0.15, 0.2) is 36.5 Å². The maximum Gasteiger partial charge on any atom is 0.300 e. The molecule has 0 unspecified atom stereocenters. The van der Waals surface area contributed by atoms with Gasteiger partial charge in [0.25, 0.3) is 16.1 Å². The number of nitrogens with one attached hydrogen (secondary N) is 4. The van der Waals surface area contributed by atoms with Gasteiger partial charge in [-0.2, -0.15) is 8.42 Å². The number of aromatic nitrogens is 1. The topological polar surface area (TPSA) is 121 Å². The SMILES string of the molecule is CNS(=O)(=O)Nc1nccc(Cc2cc(C(=O)NOC(C)(C)C)c(Nc3ccc(C)cc3F)c(F)c2F)c1F. The molecular formula is C25H27F4N5O4S. The van der Waals surface area contributed by atoms with E-state index >= 15 is 13.2 Å². The molecule has 4 N–H and O–H groups in total. The molecule has 0 fully saturated rings. The van der Waals surface area contributed by atoms with E-state index in [1.165, 1.54) is 18.2 Å². The Morgan fingerprint density at radius 1 is 1.00 bits per heavy atom. The number of rotatable bonds is 9. The summed E-state index contributed by atoms with van der Waals surface area (Å²) in [5, 5.41) is 2.42. The Morgan fingerprint density at radius 3 is 2.31 bits per heavy atom. The van der Waals surface area contributed by atoms with Crippen LogP contribution in [0.2, 0.25) is 0 Å². The predicted octanol–water partition coefficient (Wildman–Crippen LogP) is 4.62. The summed E-state index contributed by atoms with van der Waals surface area (Å²) in [6.45, 7) is 6.54. The molecule has 0 saturated heterocycles. The maximum atomic E-state index is 15.4. The number of carbonyl (C=O) groups excluding carboxylic acids is 1. The van der Waals surface area contributed by atoms with E-state index in [1.807, 2.05) is 9.44 Å². The summed E-state index contributed by atoms with van der Waals surface area (Å²) in [5.41, 5.74) is -0.172. The largest absolute Gasteiger partial charge is 0.350 e. The molecule has 0 aliphatic heterocycles. The molecule has 0 atom stereocenters. The third-order valence-corrected chi connectivity index (χ3v) is 6.21. The lowest BCUT2D eigenvalue weighted by Crippen LogP contribution is -2.34. The minimum Gasteiger partial charge on any atom is -0.350 e. The quantitative estimate of drug-likeness (QED) is 0.221. The van der Waals surface area contributed by atoms with Gasteiger partial charge in [0.1, 0.15) is 5.82 Å². The number of nitrogens with zero attached hydrogens (tertiary/aromatic N) is 1. The first-order valence-corrected chi connectivity index (χ1v) is 13.0. The van der Waals surface area contributed by atoms with Crippen LogP contribution in [0, 0.1) is 30.2 Å². The molecule has 210 valence electrons. The van der Waals surface area contributed by atoms with Gasteiger partial charge in [-0.1, -0.05) is 6.07 Å². The van der Waals surface area contributed by atoms with Gasteiger partial charge in [0.2, 0.25) is 0 Å². The number of hydroxylamine groups is 1. The van der Waals surface area contributed by atoms with Crippen LogP contribution in [0.25, 0.3) is 0 Å². The molecule has 0 aliphatic rings. The summed E-state index contributed by atoms with van der Waals surface area (Å²) in [5.74, 6) is -6.54. The molecule has 1 aromatic heterocycles. The van der Waals surface area contributed by atoms with Crippen LogP contribution >= 0.6 is 0 Å². The highest BCUT2D eigenvalue weighted by Gasteiger charge is 2.26. The van der Waals surface area contributed by atoms with Crippen LogP contribution < -0.4 is 20.2 Å². The van der Waals surface area contributed by atoms with Crippen LogP contribution in [0.4, 0.5) is 34.8 Å². The third kappa shape index (κ3) is 7.43. The number of halogens is 4. The normalized spacial score (nSPS) is 11.8. The lowest BCUT2D eigenvalue weighted by atomic mass is 9.99. The highest BCUT2D eigenvalue weighted by molar-refractivity contribution is 7.90. The standard InChI is InChI=1S/C25H27F4N5O4S/c1-13-6-7-18(17(26)10-13)32-22-16(24(35)33-38-25(2,3)4)12-15(19(27)21(22)29)11-14-8-9-31-23(20(14)28)34-39(36,37)30-5/h6-10,12,30,32H,11H2,1-5H3,(H,31,34)(H,33,35). The first-order valence-electron chi connectivity index (χ1n) is 11.5. The van der Waals surface area contributed by atoms with Crippen LogP contribution in [0.3, 0.4) is 0 Å². The predicted molar refractivity (Wildman–Crippen MR) is 138 cm³/mol. The number of carbonyl (C=O) groups is 1. The number of hydrogen-bond donors (Lipinski definition) is 4. The molecule has 2 aromatic carbocycles. The second-order valence-corrected chi connectivity index (χ2v) is 11.1. The second kappa shape index (κ2) is 11.6. The van der Waals surface area contributed by atoms with Crippen molar-refractivity contribution in [2.45, 2.75) is 39.7 Å². The van der Waals surface area contributed by atoms with Crippen LogP contribution in [-0.4, -0.2) is 32.0 Å². The van der Waals surface area contributed by atoms with Gasteiger partial charge in [0.05, 0.1) is 22.5 Å². The van der Waals surface area contributed by atoms with Crippen LogP contribution in [0.1, 0.15) is 47.8 Å². The minimum absolute atomic E-state index is 0.223. The van der Waals surface area contributed by atoms with Gasteiger partial charge in [-0.3, -0.25) is 14.4 Å². The van der Waals surface area contributed by atoms with Gasteiger partial charge in [0.15, 0.2) is 23.3 Å². The summed E-state index contributed by atoms with van der Waals surface area (Å²) in [7, 11) is -3.03. The van der Waals surface area contributed by atoms with Crippen molar-refractivity contribution >= 4 is 33.3 Å². The number of pyridine rings is 1. The Kier molecular flexibility index (Phi) is 8.83. The molecule has 0 saturated carbocycles. The Bertz CT molecular complexity index is 1510. The van der Waals surface area contributed by atoms with E-state index in [0.29, 0.717) is 5.56 Å². The zero-order chi connectivity index (χ0) is 29.1. The fraction of sp³-hybridized carbons (Fsp3) is 0.280. The van der Waals surface area contributed by atoms with Gasteiger partial charge in [-0.15, -0.1) is 0 Å². The monoisotopic (exact) mass is 569 g/mol. The third-order valence-electron chi connectivity index (χ3n) is 5.21. The number of benzene rings is 2. The first-order chi connectivity index (χ1) is 18.1. The Labute approximate surface area is 223 Å². The second-order valence-electron chi connectivity index (χ2n) is 9.46. The van der Waals surface area contributed by atoms with Crippen molar-refractivity contribution in [2.75, 3.05) is 17.1 Å². The summed E-state index contributed by atoms with van der Waals surface area (Å²) < 4.78 is 87.5. The van der Waals surface area contributed by atoms with Gasteiger partial charge in [0, 0.05) is 19.7 Å². The molecule has 1 amide bonds. The van der Waals surface area contributed by atoms with Crippen molar-refractivity contribution in [3.8, 4) is 0 Å². The molecule has 3 rings (SSSR count). The maximum absolute atomic E-state index is 15.4. The highest BCUT2D eigenvalue weighted by Crippen LogP contribution is 2.32. The molecule has 0 spiro atoms. The molecule has 39 heavy (non-hydrogen) atoms. The lowest BCUT2D eigenvalue weighted by molar-refractivity contribution is -0.0589. The number of hydrogen-bond acceptors (Lipinski definition) is 6. The zero-order valence-corrected chi connectivity index (χ0v) is 22.5. The van der Waals surface area contributed by atoms with E-state index in [2.05, 4.69) is 15.8 Å². The average molecular weight is 570 g/mol. The Balaban J connectivity index is 2.09. The summed E-state index contributed by atoms with van der Waals surface area (Å²) in [6.07, 6.45) is 0.478. The first kappa shape index (κ1) is 29.8. The van der Waals surface area contributed by atoms with E-state index in [1.54, 1.807) is 27.7 Å². The Morgan fingerprint density at radius 2 is 1.69 bits per heavy atom. The van der Waals surface area contributed by atoms with E-state index in [0.717, 1.165) is 25.4 Å². The van der Waals surface area contributed by atoms with E-state index in [9.17, 15) is 17.6 Å². The highest BCUT2D eigenvalue weighted by atomic mass is 32.2. The van der Waals surface area contributed by atoms with E-state index in [4.69, 9.17) is 4.84 Å². The fourth-order valence-electron chi connectivity index (χ4n) is 3.29. The van der Waals surface area contributed by atoms with Crippen LogP contribution in [0.5, 0.6) is 0 Å². The lowest BCUT2D eigenvalue weighted by Gasteiger charge is -2.21. The van der Waals surface area contributed by atoms with Gasteiger partial charge in [-0.05, 0) is 68.7 Å².